The molecule has 7 rings (SSSR count). The maximum atomic E-state index is 14.6. The van der Waals surface area contributed by atoms with Gasteiger partial charge in [-0.15, -0.1) is 11.3 Å². The number of unbranched alkanes of at least 4 members (excludes halogenated alkanes) is 2. The lowest BCUT2D eigenvalue weighted by Gasteiger charge is -2.33. The fourth-order valence-corrected chi connectivity index (χ4v) is 11.2. The molecule has 3 aliphatic rings. The van der Waals surface area contributed by atoms with Crippen molar-refractivity contribution in [2.24, 2.45) is 11.7 Å². The molecule has 3 saturated heterocycles. The van der Waals surface area contributed by atoms with Crippen LogP contribution in [0.15, 0.2) is 72.9 Å². The van der Waals surface area contributed by atoms with Crippen molar-refractivity contribution in [2.45, 2.75) is 139 Å². The number of aromatic hydroxyl groups is 1. The van der Waals surface area contributed by atoms with Crippen LogP contribution in [-0.4, -0.2) is 204 Å². The second-order valence-electron chi connectivity index (χ2n) is 21.4. The first-order valence-corrected chi connectivity index (χ1v) is 28.4. The highest BCUT2D eigenvalue weighted by Crippen LogP contribution is 2.34. The second kappa shape index (κ2) is 28.7. The number of nitrogens with two attached hydrogens (primary N) is 1. The van der Waals surface area contributed by atoms with E-state index in [9.17, 15) is 74.1 Å². The summed E-state index contributed by atoms with van der Waals surface area (Å²) < 4.78 is 11.0. The number of thiazole rings is 1. The van der Waals surface area contributed by atoms with Gasteiger partial charge < -0.3 is 87.3 Å². The van der Waals surface area contributed by atoms with Crippen molar-refractivity contribution in [1.29, 1.82) is 0 Å². The van der Waals surface area contributed by atoms with Crippen LogP contribution >= 0.6 is 11.3 Å². The van der Waals surface area contributed by atoms with Gasteiger partial charge in [0.25, 0.3) is 5.91 Å². The molecule has 0 radical (unpaired) electrons. The van der Waals surface area contributed by atoms with Crippen molar-refractivity contribution >= 4 is 58.6 Å². The zero-order valence-electron chi connectivity index (χ0n) is 46.8. The molecule has 3 aliphatic heterocycles. The lowest BCUT2D eigenvalue weighted by atomic mass is 9.98. The molecule has 13 atom stereocenters. The third-order valence-electron chi connectivity index (χ3n) is 14.9. The van der Waals surface area contributed by atoms with Crippen molar-refractivity contribution < 1.29 is 83.6 Å². The molecule has 3 fully saturated rings. The summed E-state index contributed by atoms with van der Waals surface area (Å²) in [6.45, 7) is 3.76. The normalized spacial score (nSPS) is 25.8. The minimum absolute atomic E-state index is 0.0347. The molecule has 0 spiro atoms. The van der Waals surface area contributed by atoms with E-state index in [1.165, 1.54) is 55.7 Å². The average Bonchev–Trinajstić information content (AvgIpc) is 4.04. The number of methoxy groups -OCH3 is 1. The monoisotopic (exact) mass is 1190 g/mol. The zero-order chi connectivity index (χ0) is 61.1. The number of hydrogen-bond acceptors (Lipinski definition) is 19. The number of aromatic nitrogens is 1. The quantitative estimate of drug-likeness (QED) is 0.0540. The molecule has 3 aromatic carbocycles. The van der Waals surface area contributed by atoms with Crippen LogP contribution in [0.2, 0.25) is 0 Å². The molecule has 0 bridgehead atoms. The number of carbonyl (C=O) groups excluding carboxylic acids is 8. The Hall–Kier alpha value is -7.79. The van der Waals surface area contributed by atoms with Crippen LogP contribution in [-0.2, 0) is 40.0 Å². The van der Waals surface area contributed by atoms with E-state index in [1.54, 1.807) is 18.3 Å². The van der Waals surface area contributed by atoms with Gasteiger partial charge >= 0.3 is 0 Å². The van der Waals surface area contributed by atoms with Gasteiger partial charge in [0, 0.05) is 62.1 Å². The number of carbonyl (C=O) groups is 8. The number of aliphatic hydroxyl groups is 6. The highest BCUT2D eigenvalue weighted by molar-refractivity contribution is 7.18. The lowest BCUT2D eigenvalue weighted by molar-refractivity contribution is -0.147. The first-order chi connectivity index (χ1) is 40.0. The SMILES string of the molecule is CCCCCOc1ccc(-c2ncc(-c3ccc(C(=O)N[C@H]4C[C@@H](O)CNC(=O)[C@@H]5[C@@H](O)[C@@H](C)CN5C(=O)[C@H]([C@H](O)CC(N)=O)NC(=O)[C@H]([C@H](O)Cc5ccc(O)c(OC)c5)NC(=O)[C@@H]5C[C@@H](O)CN5C(=O)[C@H]([C@@H](C)O)NC4=O)cc3)s2)cc1. The van der Waals surface area contributed by atoms with Crippen LogP contribution in [0.25, 0.3) is 21.0 Å². The summed E-state index contributed by atoms with van der Waals surface area (Å²) in [5.41, 5.74) is 7.26. The van der Waals surface area contributed by atoms with Crippen LogP contribution in [0.1, 0.15) is 75.2 Å². The number of benzene rings is 3. The van der Waals surface area contributed by atoms with Gasteiger partial charge in [-0.05, 0) is 73.0 Å². The smallest absolute Gasteiger partial charge is 0.251 e. The Labute approximate surface area is 487 Å². The van der Waals surface area contributed by atoms with Gasteiger partial charge in [0.15, 0.2) is 11.5 Å². The number of hydrogen-bond donors (Lipinski definition) is 13. The summed E-state index contributed by atoms with van der Waals surface area (Å²) >= 11 is 1.41. The Morgan fingerprint density at radius 3 is 2.13 bits per heavy atom. The van der Waals surface area contributed by atoms with Gasteiger partial charge in [-0.2, -0.15) is 0 Å². The van der Waals surface area contributed by atoms with E-state index in [2.05, 4.69) is 38.5 Å². The molecule has 0 saturated carbocycles. The fourth-order valence-electron chi connectivity index (χ4n) is 10.3. The van der Waals surface area contributed by atoms with Gasteiger partial charge in [-0.3, -0.25) is 38.4 Å². The number of amides is 8. The maximum absolute atomic E-state index is 14.6. The predicted molar refractivity (Wildman–Crippen MR) is 301 cm³/mol. The van der Waals surface area contributed by atoms with Crippen molar-refractivity contribution in [3.8, 4) is 38.3 Å². The Bertz CT molecular complexity index is 3000. The van der Waals surface area contributed by atoms with Gasteiger partial charge in [0.2, 0.25) is 41.4 Å². The number of nitrogens with zero attached hydrogens (tertiary/aromatic N) is 3. The molecular formula is C57H73N9O17S. The number of phenols is 1. The summed E-state index contributed by atoms with van der Waals surface area (Å²) in [5.74, 6) is -9.48. The van der Waals surface area contributed by atoms with Crippen molar-refractivity contribution in [1.82, 2.24) is 41.4 Å². The number of rotatable bonds is 17. The van der Waals surface area contributed by atoms with Crippen molar-refractivity contribution in [2.75, 3.05) is 33.4 Å². The van der Waals surface area contributed by atoms with Crippen LogP contribution < -0.4 is 41.8 Å². The second-order valence-corrected chi connectivity index (χ2v) is 22.4. The molecule has 4 aromatic rings. The topological polar surface area (TPSA) is 402 Å². The van der Waals surface area contributed by atoms with Crippen molar-refractivity contribution in [3.05, 3.63) is 84.1 Å². The number of aliphatic hydroxyl groups excluding tert-OH is 6. The Balaban J connectivity index is 1.19. The number of ether oxygens (including phenoxy) is 2. The van der Waals surface area contributed by atoms with Crippen LogP contribution in [0.3, 0.4) is 0 Å². The molecule has 8 amide bonds. The van der Waals surface area contributed by atoms with Crippen molar-refractivity contribution in [3.63, 3.8) is 0 Å². The largest absolute Gasteiger partial charge is 0.504 e. The molecule has 84 heavy (non-hydrogen) atoms. The van der Waals surface area contributed by atoms with E-state index in [-0.39, 0.29) is 29.2 Å². The van der Waals surface area contributed by atoms with E-state index in [0.717, 1.165) is 57.2 Å². The first-order valence-electron chi connectivity index (χ1n) is 27.6. The zero-order valence-corrected chi connectivity index (χ0v) is 47.6. The summed E-state index contributed by atoms with van der Waals surface area (Å²) in [5, 5.41) is 91.1. The summed E-state index contributed by atoms with van der Waals surface area (Å²) in [7, 11) is 1.26. The number of β-amino-alcohol motifs (C(OH)–C–C–N with tert-alkyl or cyclic N) is 1. The summed E-state index contributed by atoms with van der Waals surface area (Å²) in [6, 6.07) is 6.42. The van der Waals surface area contributed by atoms with Crippen LogP contribution in [0, 0.1) is 5.92 Å². The molecule has 27 heteroatoms. The predicted octanol–water partition coefficient (Wildman–Crippen LogP) is -1.42. The number of primary amides is 1. The molecule has 1 aromatic heterocycles. The first kappa shape index (κ1) is 63.8. The van der Waals surface area contributed by atoms with E-state index in [4.69, 9.17) is 15.2 Å². The average molecular weight is 1190 g/mol. The van der Waals surface area contributed by atoms with Crippen LogP contribution in [0.4, 0.5) is 0 Å². The Kier molecular flexibility index (Phi) is 21.8. The molecule has 0 unspecified atom stereocenters. The van der Waals surface area contributed by atoms with Gasteiger partial charge in [-0.1, -0.05) is 44.9 Å². The molecule has 0 aliphatic carbocycles. The highest BCUT2D eigenvalue weighted by Gasteiger charge is 2.50. The molecule has 26 nitrogen and oxygen atoms in total. The van der Waals surface area contributed by atoms with E-state index < -0.39 is 165 Å². The summed E-state index contributed by atoms with van der Waals surface area (Å²) in [4.78, 5) is 120. The van der Waals surface area contributed by atoms with Crippen LogP contribution in [0.5, 0.6) is 17.2 Å². The number of phenolic OH excluding ortho intramolecular Hbond substituents is 1. The third kappa shape index (κ3) is 15.7. The van der Waals surface area contributed by atoms with Gasteiger partial charge in [0.05, 0.1) is 61.6 Å². The number of nitrogens with one attached hydrogen (secondary N) is 5. The Morgan fingerprint density at radius 2 is 1.46 bits per heavy atom. The lowest BCUT2D eigenvalue weighted by Crippen LogP contribution is -2.64. The van der Waals surface area contributed by atoms with Gasteiger partial charge in [0.1, 0.15) is 47.0 Å². The molecule has 4 heterocycles. The maximum Gasteiger partial charge on any atom is 0.251 e. The third-order valence-corrected chi connectivity index (χ3v) is 16.0. The minimum Gasteiger partial charge on any atom is -0.504 e. The number of fused-ring (bicyclic) bond motifs is 2. The van der Waals surface area contributed by atoms with E-state index >= 15 is 0 Å². The standard InChI is InChI=1S/C57H73N9O17S/c1-5-6-7-18-83-36-15-13-33(14-16-36)55-60-25-43(84-55)31-9-11-32(12-10-31)50(75)61-37-21-34(68)24-59-54(79)48-49(74)28(2)26-66(48)57(81)47(41(72)23-44(58)73)64-53(78)46(40(71)19-30-8-17-39(70)42(20-30)82-4)63-52(77)38-22-35(69)27-65(38)56(80)45(29(3)67)62-51(37)76/h8-17,20,25,28-29,34-35,37-38,40-41,45-49,67-72,74H,5-7,18-19,21-24,26-27H2,1-4H3,(H2,58,73)(H,59,79)(H,61,75)(H,62,76)(H,63,77)(H,64,78)/t28-,29+,34+,35+,37-,38-,40+,41+,45-,46-,47-,48-,49-/m0/s1. The minimum atomic E-state index is -2.16. The molecular weight excluding hydrogens is 1110 g/mol. The highest BCUT2D eigenvalue weighted by atomic mass is 32.1. The van der Waals surface area contributed by atoms with E-state index in [0.29, 0.717) is 12.2 Å². The fraction of sp³-hybridized carbons (Fsp3) is 0.491. The molecule has 14 N–H and O–H groups in total. The molecule has 454 valence electrons. The van der Waals surface area contributed by atoms with Gasteiger partial charge in [-0.25, -0.2) is 4.98 Å². The summed E-state index contributed by atoms with van der Waals surface area (Å²) in [6.07, 6.45) is -8.27. The van der Waals surface area contributed by atoms with E-state index in [1.807, 2.05) is 24.3 Å². The Morgan fingerprint density at radius 1 is 0.798 bits per heavy atom.